The van der Waals surface area contributed by atoms with Gasteiger partial charge in [0, 0.05) is 79.3 Å². The number of nitrogens with one attached hydrogen (secondary N) is 4. The van der Waals surface area contributed by atoms with Crippen LogP contribution in [0.15, 0.2) is 121 Å². The van der Waals surface area contributed by atoms with E-state index in [1.807, 2.05) is 60.8 Å². The predicted octanol–water partition coefficient (Wildman–Crippen LogP) is 11.9. The van der Waals surface area contributed by atoms with Crippen LogP contribution in [0.25, 0.3) is 10.8 Å². The molecular weight excluding hydrogens is 1140 g/mol. The van der Waals surface area contributed by atoms with Crippen LogP contribution in [0.3, 0.4) is 0 Å². The SMILES string of the molecule is CCCC1C(O)Cc2cc(c[nH]2)C(C)CNCC(O)Cc2ccc3ccc(cc3c2O)NC2=CC(=CCN2)C2(CCCC2)C2CC3C#CC(c4ccccc4CCC(C)CCc4cccc(O)c4CO)c4cc(O)c(OC)cc4CCC(=O)C(O)C(=O)C3CC1C2. The number of aromatic nitrogens is 1. The number of rotatable bonds is 11. The third-order valence-electron chi connectivity index (χ3n) is 21.4. The van der Waals surface area contributed by atoms with Crippen LogP contribution < -0.4 is 20.7 Å². The Morgan fingerprint density at radius 2 is 1.58 bits per heavy atom. The summed E-state index contributed by atoms with van der Waals surface area (Å²) in [5.74, 6) is 5.65. The van der Waals surface area contributed by atoms with Gasteiger partial charge in [0.25, 0.3) is 0 Å². The number of allylic oxidation sites excluding steroid dienone is 2. The maximum atomic E-state index is 15.6. The fourth-order valence-electron chi connectivity index (χ4n) is 16.2. The highest BCUT2D eigenvalue weighted by atomic mass is 16.5. The third-order valence-corrected chi connectivity index (χ3v) is 21.4. The molecule has 482 valence electrons. The lowest BCUT2D eigenvalue weighted by Crippen LogP contribution is -2.40. The molecule has 3 heterocycles. The highest BCUT2D eigenvalue weighted by Gasteiger charge is 2.51. The summed E-state index contributed by atoms with van der Waals surface area (Å²) >= 11 is 0. The first kappa shape index (κ1) is 65.1. The molecule has 5 aliphatic rings. The van der Waals surface area contributed by atoms with Gasteiger partial charge in [0.1, 0.15) is 17.3 Å². The number of fused-ring (bicyclic) bond motifs is 11. The van der Waals surface area contributed by atoms with Crippen LogP contribution >= 0.6 is 0 Å². The third kappa shape index (κ3) is 14.5. The van der Waals surface area contributed by atoms with Gasteiger partial charge in [-0.2, -0.15) is 0 Å². The van der Waals surface area contributed by atoms with E-state index in [1.165, 1.54) is 12.7 Å². The average molecular weight is 1240 g/mol. The van der Waals surface area contributed by atoms with Crippen LogP contribution in [-0.2, 0) is 48.3 Å². The number of β-amino-alcohol motifs (C(OH)–C–C–N with tert-alkyl or cyclic N) is 1. The van der Waals surface area contributed by atoms with Crippen molar-refractivity contribution in [2.75, 3.05) is 32.1 Å². The van der Waals surface area contributed by atoms with E-state index in [2.05, 4.69) is 83.9 Å². The Balaban J connectivity index is 1.03. The molecule has 14 nitrogen and oxygen atoms in total. The minimum absolute atomic E-state index is 0.0429. The Morgan fingerprint density at radius 3 is 2.37 bits per heavy atom. The molecule has 1 aromatic heterocycles. The minimum atomic E-state index is -1.89. The molecule has 3 aliphatic carbocycles. The van der Waals surface area contributed by atoms with E-state index in [4.69, 9.17) is 4.74 Å². The van der Waals surface area contributed by atoms with Crippen LogP contribution in [0.2, 0.25) is 0 Å². The molecule has 0 radical (unpaired) electrons. The summed E-state index contributed by atoms with van der Waals surface area (Å²) in [5.41, 5.74) is 9.25. The number of aromatic hydroxyl groups is 3. The van der Waals surface area contributed by atoms with E-state index in [9.17, 15) is 40.5 Å². The number of aliphatic hydroxyl groups excluding tert-OH is 4. The fourth-order valence-corrected chi connectivity index (χ4v) is 16.2. The van der Waals surface area contributed by atoms with E-state index in [0.29, 0.717) is 81.1 Å². The molecular formula is C77H94N4O10. The molecule has 1 spiro atoms. The summed E-state index contributed by atoms with van der Waals surface area (Å²) in [6.07, 6.45) is 13.7. The Bertz CT molecular complexity index is 3700. The summed E-state index contributed by atoms with van der Waals surface area (Å²) < 4.78 is 5.69. The number of phenols is 3. The molecule has 2 aliphatic heterocycles. The van der Waals surface area contributed by atoms with E-state index in [1.54, 1.807) is 18.2 Å². The molecule has 5 aromatic carbocycles. The summed E-state index contributed by atoms with van der Waals surface area (Å²) in [4.78, 5) is 33.8. The maximum absolute atomic E-state index is 15.6. The lowest BCUT2D eigenvalue weighted by Gasteiger charge is -2.43. The monoisotopic (exact) mass is 1230 g/mol. The highest BCUT2D eigenvalue weighted by molar-refractivity contribution is 6.06. The summed E-state index contributed by atoms with van der Waals surface area (Å²) in [5, 5.41) is 92.8. The molecule has 91 heavy (non-hydrogen) atoms. The number of Topliss-reactive ketones (excluding diaryl/α,β-unsaturated/α-hetero) is 2. The second-order valence-corrected chi connectivity index (χ2v) is 27.2. The molecule has 11 unspecified atom stereocenters. The quantitative estimate of drug-likeness (QED) is 0.0428. The van der Waals surface area contributed by atoms with E-state index < -0.39 is 47.6 Å². The van der Waals surface area contributed by atoms with Crippen molar-refractivity contribution in [2.45, 2.75) is 167 Å². The molecule has 14 heteroatoms. The van der Waals surface area contributed by atoms with Gasteiger partial charge in [0.05, 0.1) is 31.8 Å². The number of dihydropyridines is 1. The molecule has 11 rings (SSSR count). The molecule has 2 fully saturated rings. The van der Waals surface area contributed by atoms with Crippen LogP contribution in [-0.4, -0.2) is 97.4 Å². The molecule has 0 amide bonds. The fraction of sp³-hybridized carbons (Fsp3) is 0.481. The summed E-state index contributed by atoms with van der Waals surface area (Å²) in [6.45, 7) is 7.76. The van der Waals surface area contributed by atoms with Crippen molar-refractivity contribution >= 4 is 28.0 Å². The number of aryl methyl sites for hydroxylation is 3. The predicted molar refractivity (Wildman–Crippen MR) is 357 cm³/mol. The smallest absolute Gasteiger partial charge is 0.173 e. The average Bonchev–Trinajstić information content (AvgIpc) is 1.82. The number of methoxy groups -OCH3 is 1. The number of phenolic OH excluding ortho intramolecular Hbond substituents is 2. The highest BCUT2D eigenvalue weighted by Crippen LogP contribution is 2.58. The summed E-state index contributed by atoms with van der Waals surface area (Å²) in [6, 6.07) is 29.2. The zero-order valence-corrected chi connectivity index (χ0v) is 53.4. The first-order valence-electron chi connectivity index (χ1n) is 33.6. The lowest BCUT2D eigenvalue weighted by molar-refractivity contribution is -0.142. The van der Waals surface area contributed by atoms with Crippen molar-refractivity contribution in [3.8, 4) is 34.8 Å². The second kappa shape index (κ2) is 29.1. The first-order chi connectivity index (χ1) is 44.0. The van der Waals surface area contributed by atoms with E-state index in [0.717, 1.165) is 101 Å². The lowest BCUT2D eigenvalue weighted by atomic mass is 9.62. The Labute approximate surface area is 536 Å². The van der Waals surface area contributed by atoms with Crippen molar-refractivity contribution in [3.63, 3.8) is 0 Å². The molecule has 0 saturated heterocycles. The number of H-pyrrole nitrogens is 1. The van der Waals surface area contributed by atoms with Crippen LogP contribution in [0, 0.1) is 52.8 Å². The number of carbonyl (C=O) groups is 2. The van der Waals surface area contributed by atoms with Crippen LogP contribution in [0.1, 0.15) is 160 Å². The van der Waals surface area contributed by atoms with Crippen molar-refractivity contribution in [2.24, 2.45) is 40.9 Å². The molecule has 11 N–H and O–H groups in total. The first-order valence-corrected chi connectivity index (χ1v) is 33.6. The van der Waals surface area contributed by atoms with Gasteiger partial charge in [-0.15, -0.1) is 0 Å². The number of anilines is 1. The van der Waals surface area contributed by atoms with Gasteiger partial charge >= 0.3 is 0 Å². The van der Waals surface area contributed by atoms with Crippen molar-refractivity contribution < 1.29 is 50.1 Å². The molecule has 9 bridgehead atoms. The standard InChI is InChI=1S/C77H94N4O10/c1-5-11-62-54-33-57(77(29-8-9-30-77)56-28-31-79-73(38-56)81-58-25-22-50-20-21-53(74(88)66(50)39-58)35-60(83)44-78-42-47(3)55-34-59(80-43-55)40-70(62)86)32-51-23-26-63(64-41-71(87)72(91-4)37-52(64)24-27-69(85)76(90)75(89)65(51)36-54)61-14-7-6-12-48(61)18-16-46(2)17-19-49-13-10-15-68(84)67(49)45-82/h6-7,10,12-15,20-22,25,28,34,37-39,41,43,46-47,51,54,57,60,62-63,65,70,76,78-84,86-88,90H,5,8-9,11,16-19,24,27,29-33,35-36,40,42,44-45H2,1-4H3. The normalized spacial score (nSPS) is 26.0. The van der Waals surface area contributed by atoms with Gasteiger partial charge in [-0.25, -0.2) is 0 Å². The minimum Gasteiger partial charge on any atom is -0.508 e. The van der Waals surface area contributed by atoms with Crippen molar-refractivity contribution in [1.29, 1.82) is 0 Å². The van der Waals surface area contributed by atoms with Crippen LogP contribution in [0.4, 0.5) is 5.69 Å². The number of aromatic amines is 1. The van der Waals surface area contributed by atoms with Gasteiger partial charge in [-0.3, -0.25) is 9.59 Å². The number of benzene rings is 5. The number of hydrogen-bond donors (Lipinski definition) is 11. The van der Waals surface area contributed by atoms with Crippen LogP contribution in [0.5, 0.6) is 23.0 Å². The zero-order chi connectivity index (χ0) is 63.9. The molecule has 2 saturated carbocycles. The van der Waals surface area contributed by atoms with Gasteiger partial charge < -0.3 is 61.4 Å². The Hall–Kier alpha value is -7.38. The summed E-state index contributed by atoms with van der Waals surface area (Å²) in [7, 11) is 1.49. The molecule has 11 atom stereocenters. The van der Waals surface area contributed by atoms with Gasteiger partial charge in [-0.1, -0.05) is 113 Å². The number of hydrogen-bond acceptors (Lipinski definition) is 13. The van der Waals surface area contributed by atoms with Crippen molar-refractivity contribution in [3.05, 3.63) is 171 Å². The van der Waals surface area contributed by atoms with Gasteiger partial charge in [0.2, 0.25) is 0 Å². The topological polar surface area (TPSA) is 237 Å². The second-order valence-electron chi connectivity index (χ2n) is 27.2. The number of ketones is 2. The molecule has 6 aromatic rings. The number of ether oxygens (including phenoxy) is 1. The van der Waals surface area contributed by atoms with Crippen molar-refractivity contribution in [1.82, 2.24) is 15.6 Å². The Kier molecular flexibility index (Phi) is 20.8. The van der Waals surface area contributed by atoms with E-state index in [-0.39, 0.29) is 83.9 Å². The van der Waals surface area contributed by atoms with Gasteiger partial charge in [-0.05, 0) is 198 Å². The number of aliphatic hydroxyl groups is 4. The van der Waals surface area contributed by atoms with Gasteiger partial charge in [0.15, 0.2) is 29.2 Å². The Morgan fingerprint density at radius 1 is 0.802 bits per heavy atom. The maximum Gasteiger partial charge on any atom is 0.173 e. The largest absolute Gasteiger partial charge is 0.508 e. The van der Waals surface area contributed by atoms with E-state index >= 15 is 4.79 Å². The zero-order valence-electron chi connectivity index (χ0n) is 53.4. The number of carbonyl (C=O) groups excluding carboxylic acids is 2.